The molecule has 0 amide bonds. The number of rotatable bonds is 4. The Hall–Kier alpha value is -0.810. The molecule has 1 heterocycles. The maximum absolute atomic E-state index is 13.6. The molecule has 0 radical (unpaired) electrons. The molecule has 2 nitrogen and oxygen atoms in total. The van der Waals surface area contributed by atoms with Crippen molar-refractivity contribution in [2.45, 2.75) is 24.6 Å². The second-order valence-corrected chi connectivity index (χ2v) is 5.62. The minimum atomic E-state index is -0.646. The highest BCUT2D eigenvalue weighted by molar-refractivity contribution is 7.99. The fourth-order valence-corrected chi connectivity index (χ4v) is 2.34. The summed E-state index contributed by atoms with van der Waals surface area (Å²) in [6, 6.07) is 2.14. The van der Waals surface area contributed by atoms with Gasteiger partial charge in [-0.15, -0.1) is 11.6 Å². The molecule has 0 saturated carbocycles. The Bertz CT molecular complexity index is 571. The Kier molecular flexibility index (Phi) is 4.12. The maximum Gasteiger partial charge on any atom is 0.153 e. The molecule has 2 rings (SSSR count). The molecular formula is C12H13ClF2N2S. The van der Waals surface area contributed by atoms with Crippen LogP contribution in [-0.2, 0) is 12.4 Å². The molecule has 98 valence electrons. The first-order chi connectivity index (χ1) is 8.56. The number of halogens is 3. The zero-order valence-corrected chi connectivity index (χ0v) is 11.7. The van der Waals surface area contributed by atoms with E-state index in [2.05, 4.69) is 4.98 Å². The van der Waals surface area contributed by atoms with Crippen molar-refractivity contribution in [3.05, 3.63) is 29.6 Å². The normalized spacial score (nSPS) is 13.2. The van der Waals surface area contributed by atoms with Gasteiger partial charge in [0.25, 0.3) is 0 Å². The highest BCUT2D eigenvalue weighted by atomic mass is 35.5. The van der Waals surface area contributed by atoms with E-state index in [1.807, 2.05) is 13.2 Å². The van der Waals surface area contributed by atoms with Crippen molar-refractivity contribution in [3.8, 4) is 0 Å². The van der Waals surface area contributed by atoms with Crippen LogP contribution in [0.2, 0.25) is 0 Å². The Morgan fingerprint density at radius 1 is 1.44 bits per heavy atom. The molecule has 1 unspecified atom stereocenters. The lowest BCUT2D eigenvalue weighted by Crippen LogP contribution is -2.11. The summed E-state index contributed by atoms with van der Waals surface area (Å²) in [5.41, 5.74) is 0.643. The number of fused-ring (bicyclic) bond motifs is 1. The lowest BCUT2D eigenvalue weighted by molar-refractivity contribution is 0.589. The molecule has 0 fully saturated rings. The van der Waals surface area contributed by atoms with Crippen molar-refractivity contribution in [2.75, 3.05) is 6.26 Å². The number of alkyl halides is 1. The Morgan fingerprint density at radius 2 is 2.17 bits per heavy atom. The Balaban J connectivity index is 2.61. The van der Waals surface area contributed by atoms with Crippen LogP contribution < -0.4 is 0 Å². The van der Waals surface area contributed by atoms with Gasteiger partial charge in [-0.05, 0) is 12.3 Å². The van der Waals surface area contributed by atoms with E-state index in [-0.39, 0.29) is 11.4 Å². The van der Waals surface area contributed by atoms with Crippen molar-refractivity contribution in [3.63, 3.8) is 0 Å². The van der Waals surface area contributed by atoms with Gasteiger partial charge in [-0.1, -0.05) is 6.92 Å². The minimum Gasteiger partial charge on any atom is -0.326 e. The monoisotopic (exact) mass is 290 g/mol. The van der Waals surface area contributed by atoms with Crippen LogP contribution in [0.4, 0.5) is 8.78 Å². The van der Waals surface area contributed by atoms with Crippen LogP contribution in [0.3, 0.4) is 0 Å². The third kappa shape index (κ3) is 2.47. The molecule has 0 saturated heterocycles. The highest BCUT2D eigenvalue weighted by Crippen LogP contribution is 2.23. The number of nitrogens with zero attached hydrogens (tertiary/aromatic N) is 2. The summed E-state index contributed by atoms with van der Waals surface area (Å²) in [7, 11) is 0. The van der Waals surface area contributed by atoms with Crippen molar-refractivity contribution in [2.24, 2.45) is 0 Å². The van der Waals surface area contributed by atoms with E-state index in [4.69, 9.17) is 11.6 Å². The van der Waals surface area contributed by atoms with Gasteiger partial charge in [0.05, 0.1) is 11.4 Å². The molecule has 1 atom stereocenters. The second kappa shape index (κ2) is 5.45. The van der Waals surface area contributed by atoms with Gasteiger partial charge in [-0.3, -0.25) is 0 Å². The summed E-state index contributed by atoms with van der Waals surface area (Å²) in [4.78, 5) is 4.14. The number of thioether (sulfide) groups is 1. The van der Waals surface area contributed by atoms with Crippen LogP contribution >= 0.6 is 23.4 Å². The van der Waals surface area contributed by atoms with Gasteiger partial charge >= 0.3 is 0 Å². The van der Waals surface area contributed by atoms with Crippen LogP contribution in [0.5, 0.6) is 0 Å². The van der Waals surface area contributed by atoms with Gasteiger partial charge in [0.2, 0.25) is 0 Å². The van der Waals surface area contributed by atoms with Crippen LogP contribution in [0.1, 0.15) is 12.7 Å². The topological polar surface area (TPSA) is 17.8 Å². The highest BCUT2D eigenvalue weighted by Gasteiger charge is 2.16. The summed E-state index contributed by atoms with van der Waals surface area (Å²) in [5.74, 6) is -0.500. The van der Waals surface area contributed by atoms with Crippen molar-refractivity contribution in [1.29, 1.82) is 0 Å². The van der Waals surface area contributed by atoms with Crippen molar-refractivity contribution < 1.29 is 8.78 Å². The Labute approximate surface area is 113 Å². The summed E-state index contributed by atoms with van der Waals surface area (Å²) in [6.45, 7) is 2.67. The number of benzene rings is 1. The number of hydrogen-bond donors (Lipinski definition) is 0. The molecule has 0 aliphatic rings. The van der Waals surface area contributed by atoms with E-state index in [0.717, 1.165) is 6.07 Å². The minimum absolute atomic E-state index is 0.177. The molecule has 2 aromatic rings. The fourth-order valence-electron chi connectivity index (χ4n) is 1.83. The van der Waals surface area contributed by atoms with Gasteiger partial charge in [0.15, 0.2) is 5.82 Å². The van der Waals surface area contributed by atoms with E-state index < -0.39 is 11.6 Å². The lowest BCUT2D eigenvalue weighted by Gasteiger charge is -2.12. The average Bonchev–Trinajstić information content (AvgIpc) is 2.68. The first-order valence-electron chi connectivity index (χ1n) is 5.49. The summed E-state index contributed by atoms with van der Waals surface area (Å²) >= 11 is 7.50. The summed E-state index contributed by atoms with van der Waals surface area (Å²) in [5, 5.41) is 0.315. The second-order valence-electron chi connectivity index (χ2n) is 4.07. The third-order valence-electron chi connectivity index (χ3n) is 2.81. The van der Waals surface area contributed by atoms with E-state index >= 15 is 0 Å². The van der Waals surface area contributed by atoms with Crippen LogP contribution in [0.25, 0.3) is 11.0 Å². The summed E-state index contributed by atoms with van der Waals surface area (Å²) in [6.07, 6.45) is 1.99. The molecule has 0 aliphatic carbocycles. The smallest absolute Gasteiger partial charge is 0.153 e. The third-order valence-corrected chi connectivity index (χ3v) is 4.01. The van der Waals surface area contributed by atoms with Gasteiger partial charge in [-0.25, -0.2) is 13.8 Å². The maximum atomic E-state index is 13.6. The SMILES string of the molecule is CSC(C)Cn1c(CCl)nc2c(F)cc(F)cc21. The molecule has 1 aromatic carbocycles. The van der Waals surface area contributed by atoms with Crippen LogP contribution in [0, 0.1) is 11.6 Å². The van der Waals surface area contributed by atoms with Crippen molar-refractivity contribution in [1.82, 2.24) is 9.55 Å². The molecule has 6 heteroatoms. The van der Waals surface area contributed by atoms with E-state index in [1.165, 1.54) is 6.07 Å². The van der Waals surface area contributed by atoms with Gasteiger partial charge in [0.1, 0.15) is 17.2 Å². The largest absolute Gasteiger partial charge is 0.326 e. The van der Waals surface area contributed by atoms with Crippen molar-refractivity contribution >= 4 is 34.4 Å². The number of imidazole rings is 1. The zero-order chi connectivity index (χ0) is 13.3. The fraction of sp³-hybridized carbons (Fsp3) is 0.417. The van der Waals surface area contributed by atoms with Crippen LogP contribution in [-0.4, -0.2) is 21.1 Å². The first-order valence-corrected chi connectivity index (χ1v) is 7.32. The van der Waals surface area contributed by atoms with E-state index in [9.17, 15) is 8.78 Å². The summed E-state index contributed by atoms with van der Waals surface area (Å²) < 4.78 is 28.7. The van der Waals surface area contributed by atoms with Gasteiger partial charge in [-0.2, -0.15) is 11.8 Å². The first kappa shape index (κ1) is 13.6. The average molecular weight is 291 g/mol. The van der Waals surface area contributed by atoms with E-state index in [1.54, 1.807) is 16.3 Å². The van der Waals surface area contributed by atoms with E-state index in [0.29, 0.717) is 23.1 Å². The predicted octanol–water partition coefficient (Wildman–Crippen LogP) is 3.80. The quantitative estimate of drug-likeness (QED) is 0.797. The Morgan fingerprint density at radius 3 is 2.78 bits per heavy atom. The molecule has 18 heavy (non-hydrogen) atoms. The standard InChI is InChI=1S/C12H13ClF2N2S/c1-7(18-2)6-17-10-4-8(14)3-9(15)12(10)16-11(17)5-13/h3-4,7H,5-6H2,1-2H3. The molecular weight excluding hydrogens is 278 g/mol. The lowest BCUT2D eigenvalue weighted by atomic mass is 10.3. The zero-order valence-electron chi connectivity index (χ0n) is 10.1. The molecule has 0 spiro atoms. The molecule has 0 bridgehead atoms. The van der Waals surface area contributed by atoms with Crippen LogP contribution in [0.15, 0.2) is 12.1 Å². The molecule has 1 aromatic heterocycles. The molecule has 0 aliphatic heterocycles. The van der Waals surface area contributed by atoms with Gasteiger partial charge in [0, 0.05) is 17.9 Å². The number of hydrogen-bond acceptors (Lipinski definition) is 2. The number of aromatic nitrogens is 2. The predicted molar refractivity (Wildman–Crippen MR) is 72.2 cm³/mol. The molecule has 0 N–H and O–H groups in total. The van der Waals surface area contributed by atoms with Gasteiger partial charge < -0.3 is 4.57 Å².